The van der Waals surface area contributed by atoms with Crippen molar-refractivity contribution in [1.82, 2.24) is 25.1 Å². The number of aryl methyl sites for hydroxylation is 1. The third-order valence-electron chi connectivity index (χ3n) is 9.48. The third-order valence-corrected chi connectivity index (χ3v) is 10.7. The Kier molecular flexibility index (Phi) is 13.2. The SMILES string of the molecule is CO[C@@H](C[C@H]1CCc2sc3ncnc(OC4CCC(N5CCN(CCOCCOCCNC(=O)OC(C)(C)C)CC5)CC4)c3c21)C(N)=O. The summed E-state index contributed by atoms with van der Waals surface area (Å²) in [6.07, 6.45) is 7.47. The van der Waals surface area contributed by atoms with Gasteiger partial charge in [-0.05, 0) is 77.2 Å². The van der Waals surface area contributed by atoms with Gasteiger partial charge in [-0.3, -0.25) is 14.6 Å². The van der Waals surface area contributed by atoms with Gasteiger partial charge in [-0.1, -0.05) is 0 Å². The molecule has 2 amide bonds. The third kappa shape index (κ3) is 10.2. The Morgan fingerprint density at radius 3 is 2.44 bits per heavy atom. The maximum Gasteiger partial charge on any atom is 0.407 e. The highest BCUT2D eigenvalue weighted by Gasteiger charge is 2.34. The average molecular weight is 691 g/mol. The molecule has 2 aromatic heterocycles. The summed E-state index contributed by atoms with van der Waals surface area (Å²) in [7, 11) is 1.54. The minimum absolute atomic E-state index is 0.135. The standard InChI is InChI=1S/C34H54N6O7S/c1-34(2,3)47-33(42)36-11-17-44-19-20-45-18-16-39-12-14-40(15-13-39)24-6-8-25(9-7-24)46-31-29-28-23(21-26(43-4)30(35)41)5-10-27(28)48-32(29)38-22-37-31/h22-26H,5-21H2,1-4H3,(H2,35,41)(H,36,42)/t23-,24?,25?,26+/m1/s1. The average Bonchev–Trinajstić information content (AvgIpc) is 3.62. The normalized spacial score (nSPS) is 22.8. The molecule has 0 bridgehead atoms. The zero-order valence-electron chi connectivity index (χ0n) is 29.0. The Bertz CT molecular complexity index is 1340. The van der Waals surface area contributed by atoms with E-state index in [2.05, 4.69) is 25.1 Å². The highest BCUT2D eigenvalue weighted by Crippen LogP contribution is 2.48. The van der Waals surface area contributed by atoms with Gasteiger partial charge in [-0.2, -0.15) is 0 Å². The summed E-state index contributed by atoms with van der Waals surface area (Å²) in [5.74, 6) is 0.436. The van der Waals surface area contributed by atoms with E-state index in [0.717, 1.165) is 81.5 Å². The summed E-state index contributed by atoms with van der Waals surface area (Å²) in [5.41, 5.74) is 6.31. The second-order valence-electron chi connectivity index (χ2n) is 14.0. The van der Waals surface area contributed by atoms with E-state index in [1.807, 2.05) is 20.8 Å². The highest BCUT2D eigenvalue weighted by atomic mass is 32.1. The van der Waals surface area contributed by atoms with Crippen LogP contribution >= 0.6 is 11.3 Å². The Morgan fingerprint density at radius 1 is 1.02 bits per heavy atom. The van der Waals surface area contributed by atoms with Crippen LogP contribution in [-0.4, -0.2) is 128 Å². The van der Waals surface area contributed by atoms with Gasteiger partial charge in [0.05, 0.1) is 31.8 Å². The molecule has 0 unspecified atom stereocenters. The number of rotatable bonds is 16. The molecule has 0 aromatic carbocycles. The van der Waals surface area contributed by atoms with Crippen molar-refractivity contribution in [3.63, 3.8) is 0 Å². The zero-order chi connectivity index (χ0) is 34.1. The molecule has 2 aliphatic carbocycles. The molecule has 268 valence electrons. The number of nitrogens with two attached hydrogens (primary N) is 1. The van der Waals surface area contributed by atoms with Gasteiger partial charge < -0.3 is 34.7 Å². The van der Waals surface area contributed by atoms with Crippen molar-refractivity contribution < 1.29 is 33.3 Å². The summed E-state index contributed by atoms with van der Waals surface area (Å²) < 4.78 is 28.5. The highest BCUT2D eigenvalue weighted by molar-refractivity contribution is 7.19. The molecule has 1 saturated heterocycles. The van der Waals surface area contributed by atoms with E-state index in [4.69, 9.17) is 29.4 Å². The van der Waals surface area contributed by atoms with Crippen molar-refractivity contribution in [2.45, 2.75) is 95.5 Å². The number of nitrogens with one attached hydrogen (secondary N) is 1. The van der Waals surface area contributed by atoms with Crippen LogP contribution in [0.1, 0.15) is 75.7 Å². The quantitative estimate of drug-likeness (QED) is 0.249. The molecule has 2 atom stereocenters. The lowest BCUT2D eigenvalue weighted by atomic mass is 9.91. The van der Waals surface area contributed by atoms with Crippen molar-refractivity contribution in [3.05, 3.63) is 16.8 Å². The molecular formula is C34H54N6O7S. The summed E-state index contributed by atoms with van der Waals surface area (Å²) in [6.45, 7) is 13.2. The van der Waals surface area contributed by atoms with E-state index < -0.39 is 23.7 Å². The van der Waals surface area contributed by atoms with Gasteiger partial charge >= 0.3 is 6.09 Å². The van der Waals surface area contributed by atoms with Crippen molar-refractivity contribution in [1.29, 1.82) is 0 Å². The predicted octanol–water partition coefficient (Wildman–Crippen LogP) is 3.48. The van der Waals surface area contributed by atoms with Crippen LogP contribution < -0.4 is 15.8 Å². The second kappa shape index (κ2) is 17.3. The number of primary amides is 1. The Balaban J connectivity index is 0.974. The molecule has 1 aliphatic heterocycles. The number of thiophene rings is 1. The second-order valence-corrected chi connectivity index (χ2v) is 15.1. The number of nitrogens with zero attached hydrogens (tertiary/aromatic N) is 4. The number of hydrogen-bond donors (Lipinski definition) is 2. The zero-order valence-corrected chi connectivity index (χ0v) is 29.9. The molecule has 3 aliphatic rings. The largest absolute Gasteiger partial charge is 0.474 e. The van der Waals surface area contributed by atoms with Crippen LogP contribution in [0.15, 0.2) is 6.33 Å². The molecule has 14 heteroatoms. The van der Waals surface area contributed by atoms with E-state index in [1.165, 1.54) is 10.4 Å². The fourth-order valence-corrected chi connectivity index (χ4v) is 8.28. The number of aromatic nitrogens is 2. The fraction of sp³-hybridized carbons (Fsp3) is 0.765. The summed E-state index contributed by atoms with van der Waals surface area (Å²) in [6, 6.07) is 0.588. The molecule has 5 rings (SSSR count). The van der Waals surface area contributed by atoms with Crippen LogP contribution in [0.5, 0.6) is 5.88 Å². The van der Waals surface area contributed by atoms with Crippen molar-refractivity contribution in [2.75, 3.05) is 72.8 Å². The van der Waals surface area contributed by atoms with Crippen LogP contribution in [0.2, 0.25) is 0 Å². The molecule has 13 nitrogen and oxygen atoms in total. The molecular weight excluding hydrogens is 636 g/mol. The molecule has 1 saturated carbocycles. The van der Waals surface area contributed by atoms with Crippen molar-refractivity contribution in [2.24, 2.45) is 5.73 Å². The van der Waals surface area contributed by atoms with E-state index in [1.54, 1.807) is 24.8 Å². The smallest absolute Gasteiger partial charge is 0.407 e. The molecule has 3 heterocycles. The number of ether oxygens (including phenoxy) is 5. The summed E-state index contributed by atoms with van der Waals surface area (Å²) >= 11 is 1.71. The molecule has 2 aromatic rings. The van der Waals surface area contributed by atoms with Crippen LogP contribution in [0, 0.1) is 0 Å². The lowest BCUT2D eigenvalue weighted by Crippen LogP contribution is -2.52. The Labute approximate surface area is 288 Å². The number of amides is 2. The molecule has 2 fully saturated rings. The number of carbonyl (C=O) groups is 2. The van der Waals surface area contributed by atoms with Crippen LogP contribution in [0.3, 0.4) is 0 Å². The van der Waals surface area contributed by atoms with E-state index in [-0.39, 0.29) is 12.0 Å². The lowest BCUT2D eigenvalue weighted by molar-refractivity contribution is -0.128. The minimum atomic E-state index is -0.603. The topological polar surface area (TPSA) is 151 Å². The van der Waals surface area contributed by atoms with E-state index in [9.17, 15) is 9.59 Å². The van der Waals surface area contributed by atoms with Crippen LogP contribution in [-0.2, 0) is 30.2 Å². The molecule has 3 N–H and O–H groups in total. The minimum Gasteiger partial charge on any atom is -0.474 e. The lowest BCUT2D eigenvalue weighted by Gasteiger charge is -2.41. The maximum atomic E-state index is 11.9. The number of alkyl carbamates (subject to hydrolysis) is 1. The monoisotopic (exact) mass is 690 g/mol. The Morgan fingerprint density at radius 2 is 1.75 bits per heavy atom. The summed E-state index contributed by atoms with van der Waals surface area (Å²) in [4.78, 5) is 40.1. The predicted molar refractivity (Wildman–Crippen MR) is 184 cm³/mol. The van der Waals surface area contributed by atoms with E-state index in [0.29, 0.717) is 51.3 Å². The molecule has 48 heavy (non-hydrogen) atoms. The molecule has 0 spiro atoms. The number of piperazine rings is 1. The van der Waals surface area contributed by atoms with Crippen molar-refractivity contribution in [3.8, 4) is 5.88 Å². The first-order valence-electron chi connectivity index (χ1n) is 17.4. The Hall–Kier alpha value is -2.62. The number of fused-ring (bicyclic) bond motifs is 3. The first-order chi connectivity index (χ1) is 23.1. The summed E-state index contributed by atoms with van der Waals surface area (Å²) in [5, 5.41) is 3.70. The van der Waals surface area contributed by atoms with Gasteiger partial charge in [0.1, 0.15) is 29.0 Å². The van der Waals surface area contributed by atoms with Gasteiger partial charge in [-0.25, -0.2) is 14.8 Å². The van der Waals surface area contributed by atoms with Gasteiger partial charge in [0.2, 0.25) is 11.8 Å². The molecule has 0 radical (unpaired) electrons. The van der Waals surface area contributed by atoms with Gasteiger partial charge in [0.15, 0.2) is 0 Å². The van der Waals surface area contributed by atoms with Gasteiger partial charge in [-0.15, -0.1) is 11.3 Å². The first-order valence-corrected chi connectivity index (χ1v) is 18.3. The number of carbonyl (C=O) groups excluding carboxylic acids is 2. The first kappa shape index (κ1) is 36.7. The number of methoxy groups -OCH3 is 1. The van der Waals surface area contributed by atoms with Crippen LogP contribution in [0.25, 0.3) is 10.2 Å². The number of hydrogen-bond acceptors (Lipinski definition) is 12. The van der Waals surface area contributed by atoms with Crippen molar-refractivity contribution >= 4 is 33.6 Å². The maximum absolute atomic E-state index is 11.9. The van der Waals surface area contributed by atoms with Crippen LogP contribution in [0.4, 0.5) is 4.79 Å². The van der Waals surface area contributed by atoms with Gasteiger partial charge in [0.25, 0.3) is 0 Å². The fourth-order valence-electron chi connectivity index (χ4n) is 7.05. The van der Waals surface area contributed by atoms with E-state index >= 15 is 0 Å². The van der Waals surface area contributed by atoms with Gasteiger partial charge in [0, 0.05) is 57.3 Å².